The summed E-state index contributed by atoms with van der Waals surface area (Å²) in [5, 5.41) is 2.85. The molecule has 0 saturated carbocycles. The van der Waals surface area contributed by atoms with Gasteiger partial charge < -0.3 is 10.2 Å². The highest BCUT2D eigenvalue weighted by Gasteiger charge is 2.14. The molecule has 4 aromatic rings. The number of hydrogen-bond acceptors (Lipinski definition) is 5. The lowest BCUT2D eigenvalue weighted by atomic mass is 10.2. The minimum atomic E-state index is -0.264. The van der Waals surface area contributed by atoms with Gasteiger partial charge in [0.15, 0.2) is 5.82 Å². The van der Waals surface area contributed by atoms with Crippen LogP contribution in [-0.2, 0) is 13.1 Å². The van der Waals surface area contributed by atoms with Gasteiger partial charge in [-0.25, -0.2) is 9.97 Å². The van der Waals surface area contributed by atoms with E-state index >= 15 is 0 Å². The van der Waals surface area contributed by atoms with E-state index in [-0.39, 0.29) is 11.6 Å². The monoisotopic (exact) mass is 395 g/mol. The summed E-state index contributed by atoms with van der Waals surface area (Å²) in [5.74, 6) is 0.413. The second kappa shape index (κ2) is 9.43. The minimum Gasteiger partial charge on any atom is -0.347 e. The Kier molecular flexibility index (Phi) is 6.05. The maximum absolute atomic E-state index is 12.4. The highest BCUT2D eigenvalue weighted by Crippen LogP contribution is 2.25. The minimum absolute atomic E-state index is 0.264. The number of carbonyl (C=O) groups is 1. The first kappa shape index (κ1) is 19.3. The van der Waals surface area contributed by atoms with Gasteiger partial charge in [-0.1, -0.05) is 48.5 Å². The number of amides is 1. The van der Waals surface area contributed by atoms with E-state index in [0.29, 0.717) is 18.9 Å². The predicted octanol–water partition coefficient (Wildman–Crippen LogP) is 4.14. The van der Waals surface area contributed by atoms with Gasteiger partial charge in [-0.3, -0.25) is 9.78 Å². The van der Waals surface area contributed by atoms with Crippen molar-refractivity contribution in [3.63, 3.8) is 0 Å². The quantitative estimate of drug-likeness (QED) is 0.509. The Labute approximate surface area is 175 Å². The molecule has 0 unspecified atom stereocenters. The van der Waals surface area contributed by atoms with Crippen LogP contribution in [0.15, 0.2) is 97.6 Å². The Hall–Kier alpha value is -4.06. The first-order chi connectivity index (χ1) is 14.8. The van der Waals surface area contributed by atoms with Crippen molar-refractivity contribution in [3.8, 4) is 0 Å². The number of hydrogen-bond donors (Lipinski definition) is 1. The number of carbonyl (C=O) groups excluding carboxylic acids is 1. The van der Waals surface area contributed by atoms with Crippen LogP contribution in [0.25, 0.3) is 0 Å². The van der Waals surface area contributed by atoms with Crippen molar-refractivity contribution >= 4 is 17.4 Å². The van der Waals surface area contributed by atoms with Crippen molar-refractivity contribution in [2.45, 2.75) is 13.1 Å². The van der Waals surface area contributed by atoms with Gasteiger partial charge in [-0.05, 0) is 35.4 Å². The molecule has 30 heavy (non-hydrogen) atoms. The van der Waals surface area contributed by atoms with E-state index in [4.69, 9.17) is 0 Å². The molecule has 6 nitrogen and oxygen atoms in total. The van der Waals surface area contributed by atoms with E-state index in [1.165, 1.54) is 6.20 Å². The van der Waals surface area contributed by atoms with E-state index in [2.05, 4.69) is 37.3 Å². The molecule has 148 valence electrons. The second-order valence-corrected chi connectivity index (χ2v) is 6.71. The summed E-state index contributed by atoms with van der Waals surface area (Å²) >= 11 is 0. The van der Waals surface area contributed by atoms with Crippen LogP contribution in [0.2, 0.25) is 0 Å². The van der Waals surface area contributed by atoms with Crippen LogP contribution in [0.3, 0.4) is 0 Å². The van der Waals surface area contributed by atoms with Gasteiger partial charge in [0.25, 0.3) is 5.91 Å². The number of pyridine rings is 1. The van der Waals surface area contributed by atoms with Crippen LogP contribution in [0.5, 0.6) is 0 Å². The molecule has 0 bridgehead atoms. The van der Waals surface area contributed by atoms with Gasteiger partial charge in [0.05, 0.1) is 12.4 Å². The SMILES string of the molecule is O=C(NCc1ccncc1)c1cnc(N(Cc2ccccc2)c2ccccc2)cn1. The van der Waals surface area contributed by atoms with Crippen LogP contribution < -0.4 is 10.2 Å². The van der Waals surface area contributed by atoms with Gasteiger partial charge in [0.1, 0.15) is 5.69 Å². The van der Waals surface area contributed by atoms with Crippen molar-refractivity contribution in [3.05, 3.63) is 114 Å². The molecule has 0 aliphatic heterocycles. The highest BCUT2D eigenvalue weighted by atomic mass is 16.1. The molecule has 0 saturated heterocycles. The van der Waals surface area contributed by atoms with E-state index in [1.807, 2.05) is 60.7 Å². The molecule has 0 fully saturated rings. The fourth-order valence-corrected chi connectivity index (χ4v) is 3.03. The number of benzene rings is 2. The van der Waals surface area contributed by atoms with E-state index in [1.54, 1.807) is 18.6 Å². The molecule has 2 aromatic carbocycles. The Morgan fingerprint density at radius 2 is 1.50 bits per heavy atom. The summed E-state index contributed by atoms with van der Waals surface area (Å²) in [4.78, 5) is 27.3. The smallest absolute Gasteiger partial charge is 0.271 e. The maximum Gasteiger partial charge on any atom is 0.271 e. The molecular formula is C24H21N5O. The van der Waals surface area contributed by atoms with Crippen LogP contribution in [0, 0.1) is 0 Å². The Balaban J connectivity index is 1.51. The van der Waals surface area contributed by atoms with Crippen molar-refractivity contribution in [2.24, 2.45) is 0 Å². The zero-order chi connectivity index (χ0) is 20.6. The molecule has 0 spiro atoms. The van der Waals surface area contributed by atoms with Gasteiger partial charge in [-0.15, -0.1) is 0 Å². The first-order valence-electron chi connectivity index (χ1n) is 9.65. The Morgan fingerprint density at radius 3 is 2.17 bits per heavy atom. The third-order valence-corrected chi connectivity index (χ3v) is 4.60. The summed E-state index contributed by atoms with van der Waals surface area (Å²) in [6, 6.07) is 23.9. The lowest BCUT2D eigenvalue weighted by Crippen LogP contribution is -2.24. The molecule has 0 radical (unpaired) electrons. The van der Waals surface area contributed by atoms with Crippen molar-refractivity contribution < 1.29 is 4.79 Å². The first-order valence-corrected chi connectivity index (χ1v) is 9.65. The average molecular weight is 395 g/mol. The normalized spacial score (nSPS) is 10.4. The van der Waals surface area contributed by atoms with Crippen LogP contribution in [0.1, 0.15) is 21.6 Å². The van der Waals surface area contributed by atoms with Gasteiger partial charge >= 0.3 is 0 Å². The Morgan fingerprint density at radius 1 is 0.800 bits per heavy atom. The number of nitrogens with one attached hydrogen (secondary N) is 1. The molecule has 0 aliphatic rings. The summed E-state index contributed by atoms with van der Waals surface area (Å²) in [5.41, 5.74) is 3.41. The fourth-order valence-electron chi connectivity index (χ4n) is 3.03. The largest absolute Gasteiger partial charge is 0.347 e. The van der Waals surface area contributed by atoms with Crippen molar-refractivity contribution in [1.29, 1.82) is 0 Å². The predicted molar refractivity (Wildman–Crippen MR) is 116 cm³/mol. The summed E-state index contributed by atoms with van der Waals surface area (Å²) in [6.45, 7) is 1.06. The molecule has 2 heterocycles. The van der Waals surface area contributed by atoms with Crippen LogP contribution in [-0.4, -0.2) is 20.9 Å². The average Bonchev–Trinajstić information content (AvgIpc) is 2.83. The molecule has 0 aliphatic carbocycles. The third-order valence-electron chi connectivity index (χ3n) is 4.60. The third kappa shape index (κ3) is 4.86. The van der Waals surface area contributed by atoms with E-state index in [9.17, 15) is 4.79 Å². The fraction of sp³-hybridized carbons (Fsp3) is 0.0833. The van der Waals surface area contributed by atoms with Crippen molar-refractivity contribution in [2.75, 3.05) is 4.90 Å². The highest BCUT2D eigenvalue weighted by molar-refractivity contribution is 5.92. The van der Waals surface area contributed by atoms with Gasteiger partial charge in [0, 0.05) is 31.2 Å². The molecule has 4 rings (SSSR count). The topological polar surface area (TPSA) is 71.0 Å². The molecule has 6 heteroatoms. The zero-order valence-corrected chi connectivity index (χ0v) is 16.3. The molecule has 2 aromatic heterocycles. The standard InChI is InChI=1S/C24H21N5O/c30-24(28-15-19-11-13-25-14-12-19)22-16-27-23(17-26-22)29(21-9-5-2-6-10-21)18-20-7-3-1-4-8-20/h1-14,16-17H,15,18H2,(H,28,30). The Bertz CT molecular complexity index is 1070. The number of anilines is 2. The lowest BCUT2D eigenvalue weighted by molar-refractivity contribution is 0.0945. The number of rotatable bonds is 7. The molecular weight excluding hydrogens is 374 g/mol. The number of nitrogens with zero attached hydrogens (tertiary/aromatic N) is 4. The number of aromatic nitrogens is 3. The van der Waals surface area contributed by atoms with E-state index in [0.717, 1.165) is 16.8 Å². The zero-order valence-electron chi connectivity index (χ0n) is 16.3. The lowest BCUT2D eigenvalue weighted by Gasteiger charge is -2.23. The summed E-state index contributed by atoms with van der Waals surface area (Å²) in [7, 11) is 0. The number of para-hydroxylation sites is 1. The summed E-state index contributed by atoms with van der Waals surface area (Å²) < 4.78 is 0. The van der Waals surface area contributed by atoms with Crippen molar-refractivity contribution in [1.82, 2.24) is 20.3 Å². The maximum atomic E-state index is 12.4. The van der Waals surface area contributed by atoms with Gasteiger partial charge in [0.2, 0.25) is 0 Å². The van der Waals surface area contributed by atoms with Crippen LogP contribution >= 0.6 is 0 Å². The molecule has 1 N–H and O–H groups in total. The molecule has 1 amide bonds. The molecule has 0 atom stereocenters. The van der Waals surface area contributed by atoms with Crippen LogP contribution in [0.4, 0.5) is 11.5 Å². The van der Waals surface area contributed by atoms with E-state index < -0.39 is 0 Å². The van der Waals surface area contributed by atoms with Gasteiger partial charge in [-0.2, -0.15) is 0 Å². The second-order valence-electron chi connectivity index (χ2n) is 6.71. The summed E-state index contributed by atoms with van der Waals surface area (Å²) in [6.07, 6.45) is 6.54.